The monoisotopic (exact) mass is 246 g/mol. The van der Waals surface area contributed by atoms with Crippen LogP contribution >= 0.6 is 0 Å². The van der Waals surface area contributed by atoms with E-state index in [1.54, 1.807) is 31.5 Å². The molecule has 94 valence electrons. The average Bonchev–Trinajstić information content (AvgIpc) is 2.81. The molecule has 0 aliphatic heterocycles. The second-order valence-corrected chi connectivity index (χ2v) is 4.10. The summed E-state index contributed by atoms with van der Waals surface area (Å²) >= 11 is 0. The van der Waals surface area contributed by atoms with E-state index in [9.17, 15) is 10.1 Å². The van der Waals surface area contributed by atoms with Crippen LogP contribution in [-0.4, -0.2) is 14.9 Å². The highest BCUT2D eigenvalue weighted by atomic mass is 16.6. The van der Waals surface area contributed by atoms with Gasteiger partial charge in [0.1, 0.15) is 5.82 Å². The van der Waals surface area contributed by atoms with Crippen molar-refractivity contribution >= 4 is 11.4 Å². The van der Waals surface area contributed by atoms with Gasteiger partial charge in [0.25, 0.3) is 5.69 Å². The van der Waals surface area contributed by atoms with Crippen LogP contribution in [0.5, 0.6) is 0 Å². The maximum absolute atomic E-state index is 10.7. The number of nitro groups is 1. The summed E-state index contributed by atoms with van der Waals surface area (Å²) in [6.45, 7) is 3.69. The summed E-state index contributed by atoms with van der Waals surface area (Å²) in [4.78, 5) is 17.5. The zero-order chi connectivity index (χ0) is 13.1. The molecule has 0 spiro atoms. The molecule has 1 atom stereocenters. The molecule has 0 aliphatic rings. The fourth-order valence-corrected chi connectivity index (χ4v) is 1.78. The molecule has 2 aromatic rings. The summed E-state index contributed by atoms with van der Waals surface area (Å²) in [5.41, 5.74) is 1.60. The number of nitrogens with one attached hydrogen (secondary N) is 2. The van der Waals surface area contributed by atoms with Gasteiger partial charge in [-0.1, -0.05) is 0 Å². The van der Waals surface area contributed by atoms with E-state index in [0.717, 1.165) is 11.5 Å². The molecule has 0 saturated carbocycles. The van der Waals surface area contributed by atoms with Crippen LogP contribution in [-0.2, 0) is 0 Å². The maximum atomic E-state index is 10.7. The van der Waals surface area contributed by atoms with E-state index >= 15 is 0 Å². The van der Waals surface area contributed by atoms with Gasteiger partial charge in [0, 0.05) is 29.7 Å². The fourth-order valence-electron chi connectivity index (χ4n) is 1.78. The first-order valence-electron chi connectivity index (χ1n) is 5.59. The molecule has 2 N–H and O–H groups in total. The molecule has 0 bridgehead atoms. The molecule has 0 amide bonds. The highest BCUT2D eigenvalue weighted by Gasteiger charge is 2.12. The van der Waals surface area contributed by atoms with Gasteiger partial charge in [-0.25, -0.2) is 4.98 Å². The topological polar surface area (TPSA) is 83.8 Å². The lowest BCUT2D eigenvalue weighted by Crippen LogP contribution is -2.08. The third-order valence-electron chi connectivity index (χ3n) is 2.71. The normalized spacial score (nSPS) is 12.1. The average molecular weight is 246 g/mol. The molecule has 0 aliphatic carbocycles. The standard InChI is InChI=1S/C12H14N4O2/c1-8-7-10(3-4-11(8)16(17)18)15-9(2)12-13-5-6-14-12/h3-7,9,15H,1-2H3,(H,13,14). The Bertz CT molecular complexity index is 551. The van der Waals surface area contributed by atoms with Crippen LogP contribution in [0.15, 0.2) is 30.6 Å². The number of aryl methyl sites for hydroxylation is 1. The Morgan fingerprint density at radius 3 is 2.83 bits per heavy atom. The number of aromatic amines is 1. The van der Waals surface area contributed by atoms with E-state index in [0.29, 0.717) is 5.56 Å². The number of anilines is 1. The van der Waals surface area contributed by atoms with E-state index in [1.165, 1.54) is 6.07 Å². The number of hydrogen-bond donors (Lipinski definition) is 2. The van der Waals surface area contributed by atoms with Crippen molar-refractivity contribution in [2.24, 2.45) is 0 Å². The zero-order valence-electron chi connectivity index (χ0n) is 10.2. The summed E-state index contributed by atoms with van der Waals surface area (Å²) in [6, 6.07) is 4.98. The Morgan fingerprint density at radius 1 is 1.50 bits per heavy atom. The van der Waals surface area contributed by atoms with Crippen LogP contribution in [0.4, 0.5) is 11.4 Å². The Labute approximate surface area is 104 Å². The molecule has 1 unspecified atom stereocenters. The Morgan fingerprint density at radius 2 is 2.28 bits per heavy atom. The van der Waals surface area contributed by atoms with Gasteiger partial charge in [0.2, 0.25) is 0 Å². The van der Waals surface area contributed by atoms with E-state index in [1.807, 2.05) is 6.92 Å². The molecule has 18 heavy (non-hydrogen) atoms. The summed E-state index contributed by atoms with van der Waals surface area (Å²) in [5, 5.41) is 13.9. The molecule has 6 nitrogen and oxygen atoms in total. The van der Waals surface area contributed by atoms with Gasteiger partial charge in [-0.2, -0.15) is 0 Å². The smallest absolute Gasteiger partial charge is 0.272 e. The summed E-state index contributed by atoms with van der Waals surface area (Å²) in [6.07, 6.45) is 3.45. The van der Waals surface area contributed by atoms with Crippen molar-refractivity contribution in [3.05, 3.63) is 52.1 Å². The van der Waals surface area contributed by atoms with E-state index < -0.39 is 0 Å². The lowest BCUT2D eigenvalue weighted by atomic mass is 10.1. The van der Waals surface area contributed by atoms with Crippen molar-refractivity contribution < 1.29 is 4.92 Å². The van der Waals surface area contributed by atoms with Gasteiger partial charge < -0.3 is 10.3 Å². The third kappa shape index (κ3) is 2.48. The summed E-state index contributed by atoms with van der Waals surface area (Å²) in [7, 11) is 0. The number of imidazole rings is 1. The van der Waals surface area contributed by atoms with Crippen LogP contribution in [0.3, 0.4) is 0 Å². The quantitative estimate of drug-likeness (QED) is 0.641. The molecule has 1 aromatic carbocycles. The Hall–Kier alpha value is -2.37. The van der Waals surface area contributed by atoms with E-state index in [4.69, 9.17) is 0 Å². The van der Waals surface area contributed by atoms with Gasteiger partial charge in [-0.3, -0.25) is 10.1 Å². The number of H-pyrrole nitrogens is 1. The Balaban J connectivity index is 2.15. The zero-order valence-corrected chi connectivity index (χ0v) is 10.2. The molecule has 2 rings (SSSR count). The van der Waals surface area contributed by atoms with E-state index in [-0.39, 0.29) is 16.7 Å². The van der Waals surface area contributed by atoms with Gasteiger partial charge >= 0.3 is 0 Å². The summed E-state index contributed by atoms with van der Waals surface area (Å²) in [5.74, 6) is 0.825. The minimum atomic E-state index is -0.380. The molecule has 1 heterocycles. The first-order chi connectivity index (χ1) is 8.58. The highest BCUT2D eigenvalue weighted by Crippen LogP contribution is 2.23. The van der Waals surface area contributed by atoms with Gasteiger partial charge in [0.15, 0.2) is 0 Å². The van der Waals surface area contributed by atoms with Crippen molar-refractivity contribution in [2.45, 2.75) is 19.9 Å². The third-order valence-corrected chi connectivity index (χ3v) is 2.71. The molecule has 0 radical (unpaired) electrons. The number of aromatic nitrogens is 2. The predicted octanol–water partition coefficient (Wildman–Crippen LogP) is 2.80. The number of benzene rings is 1. The van der Waals surface area contributed by atoms with Gasteiger partial charge in [-0.15, -0.1) is 0 Å². The minimum Gasteiger partial charge on any atom is -0.375 e. The Kier molecular flexibility index (Phi) is 3.27. The molecular formula is C12H14N4O2. The predicted molar refractivity (Wildman–Crippen MR) is 68.5 cm³/mol. The largest absolute Gasteiger partial charge is 0.375 e. The number of hydrogen-bond acceptors (Lipinski definition) is 4. The van der Waals surface area contributed by atoms with Crippen LogP contribution in [0.1, 0.15) is 24.4 Å². The molecule has 0 fully saturated rings. The number of nitrogens with zero attached hydrogens (tertiary/aromatic N) is 2. The van der Waals surface area contributed by atoms with Gasteiger partial charge in [-0.05, 0) is 26.0 Å². The minimum absolute atomic E-state index is 0.0147. The van der Waals surface area contributed by atoms with Crippen molar-refractivity contribution in [3.8, 4) is 0 Å². The van der Waals surface area contributed by atoms with Crippen molar-refractivity contribution in [1.29, 1.82) is 0 Å². The van der Waals surface area contributed by atoms with Gasteiger partial charge in [0.05, 0.1) is 11.0 Å². The molecular weight excluding hydrogens is 232 g/mol. The highest BCUT2D eigenvalue weighted by molar-refractivity contribution is 5.54. The second-order valence-electron chi connectivity index (χ2n) is 4.10. The molecule has 0 saturated heterocycles. The van der Waals surface area contributed by atoms with Crippen LogP contribution in [0, 0.1) is 17.0 Å². The van der Waals surface area contributed by atoms with Crippen molar-refractivity contribution in [1.82, 2.24) is 9.97 Å². The lowest BCUT2D eigenvalue weighted by Gasteiger charge is -2.13. The SMILES string of the molecule is Cc1cc(NC(C)c2ncc[nH]2)ccc1[N+](=O)[O-]. The van der Waals surface area contributed by atoms with Crippen molar-refractivity contribution in [3.63, 3.8) is 0 Å². The fraction of sp³-hybridized carbons (Fsp3) is 0.250. The molecule has 6 heteroatoms. The lowest BCUT2D eigenvalue weighted by molar-refractivity contribution is -0.385. The first kappa shape index (κ1) is 12.1. The maximum Gasteiger partial charge on any atom is 0.272 e. The number of rotatable bonds is 4. The van der Waals surface area contributed by atoms with E-state index in [2.05, 4.69) is 15.3 Å². The summed E-state index contributed by atoms with van der Waals surface area (Å²) < 4.78 is 0. The number of nitro benzene ring substituents is 1. The van der Waals surface area contributed by atoms with Crippen LogP contribution in [0.25, 0.3) is 0 Å². The van der Waals surface area contributed by atoms with Crippen LogP contribution < -0.4 is 5.32 Å². The van der Waals surface area contributed by atoms with Crippen molar-refractivity contribution in [2.75, 3.05) is 5.32 Å². The molecule has 1 aromatic heterocycles. The van der Waals surface area contributed by atoms with Crippen LogP contribution in [0.2, 0.25) is 0 Å². The second kappa shape index (κ2) is 4.87. The first-order valence-corrected chi connectivity index (χ1v) is 5.59.